The Bertz CT molecular complexity index is 651. The number of amides is 2. The fourth-order valence-corrected chi connectivity index (χ4v) is 3.20. The van der Waals surface area contributed by atoms with Crippen molar-refractivity contribution in [3.8, 4) is 5.75 Å². The van der Waals surface area contributed by atoms with Crippen molar-refractivity contribution in [1.29, 1.82) is 0 Å². The Balaban J connectivity index is 1.65. The second kappa shape index (κ2) is 8.53. The Morgan fingerprint density at radius 3 is 2.68 bits per heavy atom. The molecule has 0 bridgehead atoms. The van der Waals surface area contributed by atoms with Crippen LogP contribution in [0.2, 0.25) is 0 Å². The number of carbonyl (C=O) groups excluding carboxylic acids is 1. The number of methoxy groups -OCH3 is 1. The number of hydrogen-bond donors (Lipinski definition) is 3. The molecule has 7 nitrogen and oxygen atoms in total. The first-order valence-corrected chi connectivity index (χ1v) is 8.68. The van der Waals surface area contributed by atoms with E-state index in [0.717, 1.165) is 18.8 Å². The number of nitrogens with one attached hydrogen (secondary N) is 3. The number of H-pyrrole nitrogens is 1. The minimum Gasteiger partial charge on any atom is -0.497 e. The Labute approximate surface area is 147 Å². The van der Waals surface area contributed by atoms with Gasteiger partial charge in [-0.1, -0.05) is 18.6 Å². The molecule has 1 saturated heterocycles. The Hall–Kier alpha value is -2.54. The number of ether oxygens (including phenoxy) is 1. The summed E-state index contributed by atoms with van der Waals surface area (Å²) in [6.07, 6.45) is 6.90. The second-order valence-corrected chi connectivity index (χ2v) is 6.21. The average Bonchev–Trinajstić information content (AvgIpc) is 3.16. The maximum Gasteiger partial charge on any atom is 0.319 e. The summed E-state index contributed by atoms with van der Waals surface area (Å²) in [5, 5.41) is 12.2. The third-order valence-electron chi connectivity index (χ3n) is 4.54. The van der Waals surface area contributed by atoms with Crippen LogP contribution in [0.5, 0.6) is 5.75 Å². The third-order valence-corrected chi connectivity index (χ3v) is 4.54. The zero-order valence-electron chi connectivity index (χ0n) is 14.5. The minimum atomic E-state index is -0.225. The van der Waals surface area contributed by atoms with Gasteiger partial charge >= 0.3 is 6.03 Å². The highest BCUT2D eigenvalue weighted by Crippen LogP contribution is 2.25. The molecule has 1 aromatic heterocycles. The highest BCUT2D eigenvalue weighted by molar-refractivity contribution is 5.88. The van der Waals surface area contributed by atoms with Crippen LogP contribution in [0.3, 0.4) is 0 Å². The van der Waals surface area contributed by atoms with E-state index >= 15 is 0 Å². The van der Waals surface area contributed by atoms with Gasteiger partial charge in [0.25, 0.3) is 0 Å². The largest absolute Gasteiger partial charge is 0.497 e. The summed E-state index contributed by atoms with van der Waals surface area (Å²) < 4.78 is 5.25. The quantitative estimate of drug-likeness (QED) is 0.753. The van der Waals surface area contributed by atoms with Crippen molar-refractivity contribution in [3.05, 3.63) is 42.2 Å². The number of aromatic nitrogens is 2. The standard InChI is InChI=1S/C18H25N5O2/c1-25-16-7-5-14(6-8-16)17(23-9-3-2-4-10-23)13-19-18(24)22-15-11-20-21-12-15/h5-8,11-12,17H,2-4,9-10,13H2,1H3,(H,20,21)(H2,19,22,24). The molecule has 3 rings (SSSR count). The lowest BCUT2D eigenvalue weighted by atomic mass is 10.0. The molecule has 1 aliphatic rings. The number of likely N-dealkylation sites (tertiary alicyclic amines) is 1. The van der Waals surface area contributed by atoms with Gasteiger partial charge in [0.15, 0.2) is 0 Å². The van der Waals surface area contributed by atoms with Gasteiger partial charge < -0.3 is 15.4 Å². The molecule has 1 aliphatic heterocycles. The average molecular weight is 343 g/mol. The van der Waals surface area contributed by atoms with Crippen LogP contribution in [-0.2, 0) is 0 Å². The molecule has 0 radical (unpaired) electrons. The number of piperidine rings is 1. The Morgan fingerprint density at radius 1 is 1.28 bits per heavy atom. The van der Waals surface area contributed by atoms with Gasteiger partial charge in [-0.3, -0.25) is 10.00 Å². The molecule has 2 aromatic rings. The summed E-state index contributed by atoms with van der Waals surface area (Å²) in [4.78, 5) is 14.6. The van der Waals surface area contributed by atoms with Crippen molar-refractivity contribution in [1.82, 2.24) is 20.4 Å². The summed E-state index contributed by atoms with van der Waals surface area (Å²) in [7, 11) is 1.67. The van der Waals surface area contributed by atoms with Gasteiger partial charge in [-0.15, -0.1) is 0 Å². The molecule has 1 fully saturated rings. The minimum absolute atomic E-state index is 0.154. The number of carbonyl (C=O) groups is 1. The molecular formula is C18H25N5O2. The fraction of sp³-hybridized carbons (Fsp3) is 0.444. The van der Waals surface area contributed by atoms with Gasteiger partial charge in [-0.25, -0.2) is 4.79 Å². The lowest BCUT2D eigenvalue weighted by Gasteiger charge is -2.35. The molecule has 3 N–H and O–H groups in total. The molecule has 0 aliphatic carbocycles. The van der Waals surface area contributed by atoms with Crippen molar-refractivity contribution in [2.75, 3.05) is 32.1 Å². The molecule has 134 valence electrons. The molecule has 1 unspecified atom stereocenters. The number of nitrogens with zero attached hydrogens (tertiary/aromatic N) is 2. The second-order valence-electron chi connectivity index (χ2n) is 6.21. The van der Waals surface area contributed by atoms with Gasteiger partial charge in [0.05, 0.1) is 25.0 Å². The monoisotopic (exact) mass is 343 g/mol. The molecule has 0 saturated carbocycles. The van der Waals surface area contributed by atoms with Crippen LogP contribution < -0.4 is 15.4 Å². The van der Waals surface area contributed by atoms with E-state index in [1.165, 1.54) is 24.8 Å². The summed E-state index contributed by atoms with van der Waals surface area (Å²) in [5.74, 6) is 0.840. The number of aromatic amines is 1. The molecule has 25 heavy (non-hydrogen) atoms. The van der Waals surface area contributed by atoms with Crippen LogP contribution in [0.1, 0.15) is 30.9 Å². The van der Waals surface area contributed by atoms with Gasteiger partial charge in [0.2, 0.25) is 0 Å². The Morgan fingerprint density at radius 2 is 2.04 bits per heavy atom. The zero-order valence-corrected chi connectivity index (χ0v) is 14.5. The van der Waals surface area contributed by atoms with Crippen LogP contribution >= 0.6 is 0 Å². The van der Waals surface area contributed by atoms with E-state index < -0.39 is 0 Å². The molecular weight excluding hydrogens is 318 g/mol. The number of anilines is 1. The van der Waals surface area contributed by atoms with Gasteiger partial charge in [-0.2, -0.15) is 5.10 Å². The number of hydrogen-bond acceptors (Lipinski definition) is 4. The Kier molecular flexibility index (Phi) is 5.90. The smallest absolute Gasteiger partial charge is 0.319 e. The fourth-order valence-electron chi connectivity index (χ4n) is 3.20. The molecule has 1 aromatic carbocycles. The van der Waals surface area contributed by atoms with Crippen molar-refractivity contribution in [2.24, 2.45) is 0 Å². The van der Waals surface area contributed by atoms with Crippen molar-refractivity contribution < 1.29 is 9.53 Å². The third kappa shape index (κ3) is 4.73. The lowest BCUT2D eigenvalue weighted by molar-refractivity contribution is 0.161. The molecule has 2 heterocycles. The summed E-state index contributed by atoms with van der Waals surface area (Å²) in [6, 6.07) is 8.02. The van der Waals surface area contributed by atoms with Crippen LogP contribution in [0.15, 0.2) is 36.7 Å². The van der Waals surface area contributed by atoms with Crippen LogP contribution in [0, 0.1) is 0 Å². The van der Waals surface area contributed by atoms with E-state index in [1.807, 2.05) is 12.1 Å². The highest BCUT2D eigenvalue weighted by Gasteiger charge is 2.23. The summed E-state index contributed by atoms with van der Waals surface area (Å²) in [5.41, 5.74) is 1.84. The van der Waals surface area contributed by atoms with E-state index in [1.54, 1.807) is 19.5 Å². The molecule has 2 amide bonds. The normalized spacial score (nSPS) is 16.2. The van der Waals surface area contributed by atoms with E-state index in [4.69, 9.17) is 4.74 Å². The first-order valence-electron chi connectivity index (χ1n) is 8.68. The van der Waals surface area contributed by atoms with E-state index in [-0.39, 0.29) is 12.1 Å². The SMILES string of the molecule is COc1ccc(C(CNC(=O)Nc2cn[nH]c2)N2CCCCC2)cc1. The predicted molar refractivity (Wildman–Crippen MR) is 96.8 cm³/mol. The zero-order chi connectivity index (χ0) is 17.5. The lowest BCUT2D eigenvalue weighted by Crippen LogP contribution is -2.41. The topological polar surface area (TPSA) is 82.3 Å². The van der Waals surface area contributed by atoms with Gasteiger partial charge in [0, 0.05) is 12.7 Å². The van der Waals surface area contributed by atoms with Crippen LogP contribution in [0.4, 0.5) is 10.5 Å². The predicted octanol–water partition coefficient (Wildman–Crippen LogP) is 2.77. The first kappa shape index (κ1) is 17.3. The number of rotatable bonds is 6. The maximum atomic E-state index is 12.1. The molecule has 7 heteroatoms. The van der Waals surface area contributed by atoms with Crippen LogP contribution in [-0.4, -0.2) is 47.9 Å². The van der Waals surface area contributed by atoms with Gasteiger partial charge in [0.1, 0.15) is 5.75 Å². The summed E-state index contributed by atoms with van der Waals surface area (Å²) >= 11 is 0. The number of urea groups is 1. The maximum absolute atomic E-state index is 12.1. The van der Waals surface area contributed by atoms with Crippen molar-refractivity contribution in [3.63, 3.8) is 0 Å². The van der Waals surface area contributed by atoms with Crippen LogP contribution in [0.25, 0.3) is 0 Å². The van der Waals surface area contributed by atoms with E-state index in [2.05, 4.69) is 37.9 Å². The summed E-state index contributed by atoms with van der Waals surface area (Å²) in [6.45, 7) is 2.67. The molecule has 1 atom stereocenters. The van der Waals surface area contributed by atoms with Crippen molar-refractivity contribution in [2.45, 2.75) is 25.3 Å². The highest BCUT2D eigenvalue weighted by atomic mass is 16.5. The van der Waals surface area contributed by atoms with Gasteiger partial charge in [-0.05, 0) is 43.6 Å². The van der Waals surface area contributed by atoms with E-state index in [0.29, 0.717) is 12.2 Å². The first-order chi connectivity index (χ1) is 12.3. The number of benzene rings is 1. The molecule has 0 spiro atoms. The van der Waals surface area contributed by atoms with E-state index in [9.17, 15) is 4.79 Å². The van der Waals surface area contributed by atoms with Crippen molar-refractivity contribution >= 4 is 11.7 Å².